The van der Waals surface area contributed by atoms with Gasteiger partial charge in [0.05, 0.1) is 0 Å². The lowest BCUT2D eigenvalue weighted by atomic mass is 9.94. The first-order valence-electron chi connectivity index (χ1n) is 6.97. The van der Waals surface area contributed by atoms with Crippen LogP contribution in [0.3, 0.4) is 0 Å². The minimum atomic E-state index is -0.311. The molecule has 0 aliphatic heterocycles. The van der Waals surface area contributed by atoms with Crippen molar-refractivity contribution in [3.63, 3.8) is 0 Å². The second-order valence-corrected chi connectivity index (χ2v) is 6.43. The summed E-state index contributed by atoms with van der Waals surface area (Å²) in [5, 5.41) is 3.96. The molecule has 114 valence electrons. The fourth-order valence-corrected chi connectivity index (χ4v) is 2.82. The Bertz CT molecular complexity index is 600. The number of aromatic nitrogens is 2. The van der Waals surface area contributed by atoms with Crippen LogP contribution in [0.1, 0.15) is 26.2 Å². The number of nitrogens with two attached hydrogens (primary N) is 1. The molecule has 0 fully saturated rings. The molecule has 0 spiro atoms. The fraction of sp³-hybridized carbons (Fsp3) is 0.467. The molecule has 2 N–H and O–H groups in total. The highest BCUT2D eigenvalue weighted by molar-refractivity contribution is 9.10. The molecular weight excluding hydrogens is 337 g/mol. The van der Waals surface area contributed by atoms with Gasteiger partial charge in [-0.15, -0.1) is 0 Å². The summed E-state index contributed by atoms with van der Waals surface area (Å²) in [6.45, 7) is 4.92. The van der Waals surface area contributed by atoms with E-state index in [0.717, 1.165) is 6.42 Å². The van der Waals surface area contributed by atoms with Gasteiger partial charge in [-0.2, -0.15) is 4.98 Å². The van der Waals surface area contributed by atoms with Crippen LogP contribution >= 0.6 is 15.9 Å². The highest BCUT2D eigenvalue weighted by Gasteiger charge is 2.17. The molecule has 1 aromatic carbocycles. The van der Waals surface area contributed by atoms with E-state index in [1.807, 2.05) is 0 Å². The van der Waals surface area contributed by atoms with Gasteiger partial charge in [0.15, 0.2) is 0 Å². The predicted molar refractivity (Wildman–Crippen MR) is 83.1 cm³/mol. The number of rotatable bonds is 6. The van der Waals surface area contributed by atoms with Crippen molar-refractivity contribution in [1.82, 2.24) is 10.1 Å². The maximum Gasteiger partial charge on any atom is 0.227 e. The summed E-state index contributed by atoms with van der Waals surface area (Å²) in [4.78, 5) is 4.38. The maximum absolute atomic E-state index is 13.1. The van der Waals surface area contributed by atoms with E-state index in [2.05, 4.69) is 39.9 Å². The molecule has 0 aliphatic rings. The molecule has 4 nitrogen and oxygen atoms in total. The van der Waals surface area contributed by atoms with Crippen LogP contribution in [0, 0.1) is 17.7 Å². The Morgan fingerprint density at radius 1 is 1.38 bits per heavy atom. The van der Waals surface area contributed by atoms with Gasteiger partial charge in [-0.05, 0) is 58.9 Å². The number of benzene rings is 1. The van der Waals surface area contributed by atoms with Gasteiger partial charge in [-0.3, -0.25) is 0 Å². The van der Waals surface area contributed by atoms with Crippen LogP contribution in [0.4, 0.5) is 4.39 Å². The first-order chi connectivity index (χ1) is 9.99. The summed E-state index contributed by atoms with van der Waals surface area (Å²) in [6.07, 6.45) is 1.69. The van der Waals surface area contributed by atoms with E-state index in [-0.39, 0.29) is 5.82 Å². The van der Waals surface area contributed by atoms with Crippen molar-refractivity contribution < 1.29 is 8.91 Å². The van der Waals surface area contributed by atoms with Crippen LogP contribution in [0.25, 0.3) is 11.4 Å². The van der Waals surface area contributed by atoms with Gasteiger partial charge in [0.25, 0.3) is 0 Å². The average Bonchev–Trinajstić information content (AvgIpc) is 2.85. The van der Waals surface area contributed by atoms with E-state index >= 15 is 0 Å². The van der Waals surface area contributed by atoms with Crippen LogP contribution in [0.15, 0.2) is 27.2 Å². The molecule has 2 aromatic rings. The van der Waals surface area contributed by atoms with Crippen LogP contribution < -0.4 is 5.73 Å². The summed E-state index contributed by atoms with van der Waals surface area (Å²) < 4.78 is 19.0. The Labute approximate surface area is 132 Å². The number of nitrogens with zero attached hydrogens (tertiary/aromatic N) is 2. The summed E-state index contributed by atoms with van der Waals surface area (Å²) in [5.41, 5.74) is 6.50. The molecule has 1 aromatic heterocycles. The molecule has 1 unspecified atom stereocenters. The Morgan fingerprint density at radius 2 is 2.14 bits per heavy atom. The second-order valence-electron chi connectivity index (χ2n) is 5.57. The Kier molecular flexibility index (Phi) is 5.47. The molecule has 0 aliphatic carbocycles. The molecule has 6 heteroatoms. The van der Waals surface area contributed by atoms with Crippen LogP contribution in [-0.2, 0) is 6.42 Å². The standard InChI is InChI=1S/C15H19BrFN3O/c1-9(2)5-10(8-18)6-14-19-15(20-21-14)12-4-3-11(17)7-13(12)16/h3-4,7,9-10H,5-6,8,18H2,1-2H3. The van der Waals surface area contributed by atoms with Gasteiger partial charge < -0.3 is 10.3 Å². The van der Waals surface area contributed by atoms with Crippen LogP contribution in [0.2, 0.25) is 0 Å². The molecule has 0 saturated carbocycles. The quantitative estimate of drug-likeness (QED) is 0.855. The largest absolute Gasteiger partial charge is 0.339 e. The zero-order chi connectivity index (χ0) is 15.4. The molecule has 21 heavy (non-hydrogen) atoms. The topological polar surface area (TPSA) is 64.9 Å². The van der Waals surface area contributed by atoms with E-state index in [9.17, 15) is 4.39 Å². The number of hydrogen-bond donors (Lipinski definition) is 1. The summed E-state index contributed by atoms with van der Waals surface area (Å²) >= 11 is 3.31. The van der Waals surface area contributed by atoms with Crippen molar-refractivity contribution in [1.29, 1.82) is 0 Å². The van der Waals surface area contributed by atoms with Crippen molar-refractivity contribution in [2.45, 2.75) is 26.7 Å². The SMILES string of the molecule is CC(C)CC(CN)Cc1nc(-c2ccc(F)cc2Br)no1. The normalized spacial score (nSPS) is 12.9. The van der Waals surface area contributed by atoms with E-state index in [1.54, 1.807) is 6.07 Å². The third-order valence-electron chi connectivity index (χ3n) is 3.24. The lowest BCUT2D eigenvalue weighted by molar-refractivity contribution is 0.332. The van der Waals surface area contributed by atoms with Crippen LogP contribution in [0.5, 0.6) is 0 Å². The highest BCUT2D eigenvalue weighted by atomic mass is 79.9. The van der Waals surface area contributed by atoms with E-state index in [1.165, 1.54) is 12.1 Å². The third kappa shape index (κ3) is 4.35. The fourth-order valence-electron chi connectivity index (χ4n) is 2.29. The molecule has 1 atom stereocenters. The Balaban J connectivity index is 2.14. The lowest BCUT2D eigenvalue weighted by Crippen LogP contribution is -2.19. The summed E-state index contributed by atoms with van der Waals surface area (Å²) in [7, 11) is 0. The Hall–Kier alpha value is -1.27. The summed E-state index contributed by atoms with van der Waals surface area (Å²) in [5.74, 6) is 1.62. The van der Waals surface area contributed by atoms with Crippen molar-refractivity contribution in [2.75, 3.05) is 6.54 Å². The first-order valence-corrected chi connectivity index (χ1v) is 7.77. The molecular formula is C15H19BrFN3O. The van der Waals surface area contributed by atoms with E-state index in [4.69, 9.17) is 10.3 Å². The molecule has 0 bridgehead atoms. The minimum absolute atomic E-state index is 0.311. The zero-order valence-corrected chi connectivity index (χ0v) is 13.7. The van der Waals surface area contributed by atoms with E-state index < -0.39 is 0 Å². The van der Waals surface area contributed by atoms with Crippen molar-refractivity contribution >= 4 is 15.9 Å². The third-order valence-corrected chi connectivity index (χ3v) is 3.90. The van der Waals surface area contributed by atoms with Crippen molar-refractivity contribution in [3.05, 3.63) is 34.4 Å². The number of hydrogen-bond acceptors (Lipinski definition) is 4. The highest BCUT2D eigenvalue weighted by Crippen LogP contribution is 2.27. The first kappa shape index (κ1) is 16.1. The van der Waals surface area contributed by atoms with Crippen molar-refractivity contribution in [2.24, 2.45) is 17.6 Å². The van der Waals surface area contributed by atoms with Crippen molar-refractivity contribution in [3.8, 4) is 11.4 Å². The minimum Gasteiger partial charge on any atom is -0.339 e. The smallest absolute Gasteiger partial charge is 0.227 e. The van der Waals surface area contributed by atoms with Gasteiger partial charge in [0, 0.05) is 16.5 Å². The average molecular weight is 356 g/mol. The predicted octanol–water partition coefficient (Wildman–Crippen LogP) is 3.80. The molecule has 1 heterocycles. The number of halogens is 2. The van der Waals surface area contributed by atoms with Crippen LogP contribution in [-0.4, -0.2) is 16.7 Å². The van der Waals surface area contributed by atoms with Gasteiger partial charge >= 0.3 is 0 Å². The monoisotopic (exact) mass is 355 g/mol. The maximum atomic E-state index is 13.1. The van der Waals surface area contributed by atoms with Gasteiger partial charge in [-0.1, -0.05) is 19.0 Å². The lowest BCUT2D eigenvalue weighted by Gasteiger charge is -2.14. The second kappa shape index (κ2) is 7.13. The molecule has 0 radical (unpaired) electrons. The molecule has 0 amide bonds. The molecule has 0 saturated heterocycles. The zero-order valence-electron chi connectivity index (χ0n) is 12.1. The van der Waals surface area contributed by atoms with Gasteiger partial charge in [-0.25, -0.2) is 4.39 Å². The van der Waals surface area contributed by atoms with Gasteiger partial charge in [0.1, 0.15) is 5.82 Å². The summed E-state index contributed by atoms with van der Waals surface area (Å²) in [6, 6.07) is 4.38. The Morgan fingerprint density at radius 3 is 2.76 bits per heavy atom. The molecule has 2 rings (SSSR count). The van der Waals surface area contributed by atoms with Gasteiger partial charge in [0.2, 0.25) is 11.7 Å². The van der Waals surface area contributed by atoms with E-state index in [0.29, 0.717) is 46.6 Å².